The van der Waals surface area contributed by atoms with E-state index in [1.165, 1.54) is 38.5 Å². The molecular weight excluding hydrogens is 342 g/mol. The lowest BCUT2D eigenvalue weighted by molar-refractivity contribution is -0.138. The third kappa shape index (κ3) is 11.2. The largest absolute Gasteiger partial charge is 0.425 e. The van der Waals surface area contributed by atoms with Crippen molar-refractivity contribution in [3.8, 4) is 0 Å². The molecule has 0 bridgehead atoms. The fraction of sp³-hybridized carbons (Fsp3) is 0.905. The Morgan fingerprint density at radius 3 is 2.37 bits per heavy atom. The molecule has 0 radical (unpaired) electrons. The topological polar surface area (TPSA) is 84.7 Å². The van der Waals surface area contributed by atoms with Crippen LogP contribution in [-0.2, 0) is 9.53 Å². The molecule has 6 heteroatoms. The van der Waals surface area contributed by atoms with Crippen molar-refractivity contribution in [3.05, 3.63) is 0 Å². The number of nitrogens with zero attached hydrogens (tertiary/aromatic N) is 1. The standard InChI is InChI=1S/C21H41N3O3/c1-2-3-4-5-6-7-8-10-14-19(25)24-18-13-15-20(24)27-21(26)23-17-12-9-11-16-22/h20H,2-18,22H2,1H3,(H,23,26)/t20-/m1/s1. The molecule has 158 valence electrons. The molecule has 1 aliphatic rings. The van der Waals surface area contributed by atoms with E-state index in [4.69, 9.17) is 10.5 Å². The predicted octanol–water partition coefficient (Wildman–Crippen LogP) is 4.32. The molecule has 0 aromatic rings. The van der Waals surface area contributed by atoms with E-state index >= 15 is 0 Å². The summed E-state index contributed by atoms with van der Waals surface area (Å²) in [7, 11) is 0. The summed E-state index contributed by atoms with van der Waals surface area (Å²) in [6.45, 7) is 4.21. The Hall–Kier alpha value is -1.30. The fourth-order valence-electron chi connectivity index (χ4n) is 3.50. The summed E-state index contributed by atoms with van der Waals surface area (Å²) in [4.78, 5) is 26.1. The average Bonchev–Trinajstić information content (AvgIpc) is 3.11. The minimum atomic E-state index is -0.417. The van der Waals surface area contributed by atoms with Crippen LogP contribution in [0, 0.1) is 0 Å². The number of rotatable bonds is 15. The van der Waals surface area contributed by atoms with Gasteiger partial charge in [0.2, 0.25) is 5.91 Å². The maximum atomic E-state index is 12.4. The number of hydrogen-bond donors (Lipinski definition) is 2. The molecule has 6 nitrogen and oxygen atoms in total. The SMILES string of the molecule is CCCCCCCCCCC(=O)N1CCC[C@H]1OC(=O)NCCCCCN. The van der Waals surface area contributed by atoms with Gasteiger partial charge in [-0.2, -0.15) is 0 Å². The zero-order chi connectivity index (χ0) is 19.7. The third-order valence-corrected chi connectivity index (χ3v) is 5.16. The molecule has 1 atom stereocenters. The van der Waals surface area contributed by atoms with E-state index in [9.17, 15) is 9.59 Å². The molecule has 3 N–H and O–H groups in total. The Kier molecular flexibility index (Phi) is 13.8. The highest BCUT2D eigenvalue weighted by Gasteiger charge is 2.31. The summed E-state index contributed by atoms with van der Waals surface area (Å²) < 4.78 is 5.46. The molecule has 0 spiro atoms. The lowest BCUT2D eigenvalue weighted by Crippen LogP contribution is -2.40. The van der Waals surface area contributed by atoms with Gasteiger partial charge in [0.05, 0.1) is 0 Å². The van der Waals surface area contributed by atoms with E-state index in [0.717, 1.165) is 44.9 Å². The van der Waals surface area contributed by atoms with E-state index in [2.05, 4.69) is 12.2 Å². The first-order valence-electron chi connectivity index (χ1n) is 11.1. The van der Waals surface area contributed by atoms with E-state index in [1.807, 2.05) is 0 Å². The summed E-state index contributed by atoms with van der Waals surface area (Å²) in [5.41, 5.74) is 5.45. The highest BCUT2D eigenvalue weighted by atomic mass is 16.6. The van der Waals surface area contributed by atoms with Crippen molar-refractivity contribution in [1.29, 1.82) is 0 Å². The van der Waals surface area contributed by atoms with E-state index in [1.54, 1.807) is 4.90 Å². The third-order valence-electron chi connectivity index (χ3n) is 5.16. The first-order chi connectivity index (χ1) is 13.2. The van der Waals surface area contributed by atoms with Crippen molar-refractivity contribution in [3.63, 3.8) is 0 Å². The van der Waals surface area contributed by atoms with Crippen LogP contribution in [0.4, 0.5) is 4.79 Å². The number of hydrogen-bond acceptors (Lipinski definition) is 4. The Morgan fingerprint density at radius 2 is 1.67 bits per heavy atom. The minimum absolute atomic E-state index is 0.124. The normalized spacial score (nSPS) is 16.5. The van der Waals surface area contributed by atoms with Crippen LogP contribution in [0.25, 0.3) is 0 Å². The number of nitrogens with one attached hydrogen (secondary N) is 1. The molecule has 1 aliphatic heterocycles. The number of alkyl carbamates (subject to hydrolysis) is 1. The van der Waals surface area contributed by atoms with Crippen molar-refractivity contribution < 1.29 is 14.3 Å². The Bertz CT molecular complexity index is 404. The molecule has 0 saturated carbocycles. The van der Waals surface area contributed by atoms with Crippen LogP contribution in [-0.4, -0.2) is 42.8 Å². The number of ether oxygens (including phenoxy) is 1. The van der Waals surface area contributed by atoms with Crippen LogP contribution in [0.2, 0.25) is 0 Å². The summed E-state index contributed by atoms with van der Waals surface area (Å²) in [5.74, 6) is 0.124. The van der Waals surface area contributed by atoms with Crippen molar-refractivity contribution >= 4 is 12.0 Å². The summed E-state index contributed by atoms with van der Waals surface area (Å²) in [6.07, 6.45) is 14.1. The fourth-order valence-corrected chi connectivity index (χ4v) is 3.50. The number of carbonyl (C=O) groups is 2. The highest BCUT2D eigenvalue weighted by molar-refractivity contribution is 5.77. The van der Waals surface area contributed by atoms with E-state index in [0.29, 0.717) is 26.1 Å². The molecule has 0 aromatic carbocycles. The summed E-state index contributed by atoms with van der Waals surface area (Å²) in [5, 5.41) is 2.77. The molecule has 27 heavy (non-hydrogen) atoms. The number of carbonyl (C=O) groups excluding carboxylic acids is 2. The Morgan fingerprint density at radius 1 is 1.00 bits per heavy atom. The molecule has 1 rings (SSSR count). The van der Waals surface area contributed by atoms with Crippen molar-refractivity contribution in [2.45, 2.75) is 103 Å². The van der Waals surface area contributed by atoms with Gasteiger partial charge in [-0.25, -0.2) is 4.79 Å². The first kappa shape index (κ1) is 23.7. The average molecular weight is 384 g/mol. The second-order valence-electron chi connectivity index (χ2n) is 7.59. The van der Waals surface area contributed by atoms with Gasteiger partial charge in [-0.05, 0) is 32.2 Å². The van der Waals surface area contributed by atoms with Crippen molar-refractivity contribution in [1.82, 2.24) is 10.2 Å². The molecule has 2 amide bonds. The van der Waals surface area contributed by atoms with Crippen molar-refractivity contribution in [2.24, 2.45) is 5.73 Å². The first-order valence-corrected chi connectivity index (χ1v) is 11.1. The molecule has 1 heterocycles. The van der Waals surface area contributed by atoms with Crippen LogP contribution in [0.5, 0.6) is 0 Å². The van der Waals surface area contributed by atoms with E-state index in [-0.39, 0.29) is 5.91 Å². The molecular formula is C21H41N3O3. The maximum Gasteiger partial charge on any atom is 0.409 e. The van der Waals surface area contributed by atoms with Crippen LogP contribution in [0.15, 0.2) is 0 Å². The number of likely N-dealkylation sites (tertiary alicyclic amines) is 1. The van der Waals surface area contributed by atoms with Crippen molar-refractivity contribution in [2.75, 3.05) is 19.6 Å². The smallest absolute Gasteiger partial charge is 0.409 e. The number of unbranched alkanes of at least 4 members (excludes halogenated alkanes) is 9. The van der Waals surface area contributed by atoms with Crippen LogP contribution >= 0.6 is 0 Å². The zero-order valence-electron chi connectivity index (χ0n) is 17.3. The van der Waals surface area contributed by atoms with Gasteiger partial charge in [0.25, 0.3) is 0 Å². The molecule has 0 unspecified atom stereocenters. The summed E-state index contributed by atoms with van der Waals surface area (Å²) in [6, 6.07) is 0. The Balaban J connectivity index is 2.13. The van der Waals surface area contributed by atoms with Crippen LogP contribution in [0.3, 0.4) is 0 Å². The molecule has 1 saturated heterocycles. The minimum Gasteiger partial charge on any atom is -0.425 e. The van der Waals surface area contributed by atoms with Gasteiger partial charge in [-0.3, -0.25) is 4.79 Å². The molecule has 0 aromatic heterocycles. The van der Waals surface area contributed by atoms with Crippen LogP contribution in [0.1, 0.15) is 96.8 Å². The van der Waals surface area contributed by atoms with Crippen LogP contribution < -0.4 is 11.1 Å². The molecule has 1 fully saturated rings. The highest BCUT2D eigenvalue weighted by Crippen LogP contribution is 2.20. The monoisotopic (exact) mass is 383 g/mol. The predicted molar refractivity (Wildman–Crippen MR) is 109 cm³/mol. The quantitative estimate of drug-likeness (QED) is 0.412. The second-order valence-corrected chi connectivity index (χ2v) is 7.59. The maximum absolute atomic E-state index is 12.4. The van der Waals surface area contributed by atoms with Gasteiger partial charge in [-0.15, -0.1) is 0 Å². The van der Waals surface area contributed by atoms with Gasteiger partial charge < -0.3 is 20.7 Å². The van der Waals surface area contributed by atoms with Gasteiger partial charge in [0, 0.05) is 25.9 Å². The number of amides is 2. The van der Waals surface area contributed by atoms with E-state index < -0.39 is 12.3 Å². The zero-order valence-corrected chi connectivity index (χ0v) is 17.3. The lowest BCUT2D eigenvalue weighted by Gasteiger charge is -2.24. The van der Waals surface area contributed by atoms with Gasteiger partial charge in [0.1, 0.15) is 0 Å². The second kappa shape index (κ2) is 15.7. The number of nitrogens with two attached hydrogens (primary N) is 1. The lowest BCUT2D eigenvalue weighted by atomic mass is 10.1. The molecule has 0 aliphatic carbocycles. The summed E-state index contributed by atoms with van der Waals surface area (Å²) >= 11 is 0. The Labute approximate surface area is 165 Å². The van der Waals surface area contributed by atoms with Gasteiger partial charge >= 0.3 is 6.09 Å². The van der Waals surface area contributed by atoms with Gasteiger partial charge in [0.15, 0.2) is 6.23 Å². The van der Waals surface area contributed by atoms with Gasteiger partial charge in [-0.1, -0.05) is 58.3 Å².